The van der Waals surface area contributed by atoms with Crippen LogP contribution in [0.1, 0.15) is 24.5 Å². The molecule has 3 nitrogen and oxygen atoms in total. The van der Waals surface area contributed by atoms with E-state index in [2.05, 4.69) is 46.2 Å². The predicted octanol–water partition coefficient (Wildman–Crippen LogP) is 2.19. The molecule has 0 amide bonds. The molecule has 17 heavy (non-hydrogen) atoms. The van der Waals surface area contributed by atoms with Crippen LogP contribution in [-0.4, -0.2) is 40.5 Å². The van der Waals surface area contributed by atoms with E-state index in [1.165, 1.54) is 23.8 Å². The molecule has 1 aromatic rings. The van der Waals surface area contributed by atoms with Gasteiger partial charge in [-0.2, -0.15) is 11.8 Å². The molecule has 2 rings (SSSR count). The second kappa shape index (κ2) is 6.18. The lowest BCUT2D eigenvalue weighted by molar-refractivity contribution is 0.260. The molecule has 0 aromatic carbocycles. The maximum Gasteiger partial charge on any atom is 0.107 e. The molecule has 1 aliphatic rings. The van der Waals surface area contributed by atoms with E-state index >= 15 is 0 Å². The van der Waals surface area contributed by atoms with Crippen LogP contribution in [-0.2, 0) is 13.1 Å². The largest absolute Gasteiger partial charge is 0.314 e. The highest BCUT2D eigenvalue weighted by Crippen LogP contribution is 2.25. The van der Waals surface area contributed by atoms with Gasteiger partial charge >= 0.3 is 0 Å². The molecule has 1 aliphatic heterocycles. The van der Waals surface area contributed by atoms with Crippen molar-refractivity contribution in [3.8, 4) is 0 Å². The summed E-state index contributed by atoms with van der Waals surface area (Å²) in [5, 5.41) is 8.02. The highest BCUT2D eigenvalue weighted by molar-refractivity contribution is 8.00. The Morgan fingerprint density at radius 2 is 2.12 bits per heavy atom. The monoisotopic (exact) mass is 271 g/mol. The molecule has 1 N–H and O–H groups in total. The second-order valence-corrected chi connectivity index (χ2v) is 7.54. The SMILES string of the molecule is CNCc1nc(CN2CC(C)SC(C)C2)cs1. The van der Waals surface area contributed by atoms with Gasteiger partial charge in [-0.1, -0.05) is 13.8 Å². The first-order valence-corrected chi connectivity index (χ1v) is 7.95. The van der Waals surface area contributed by atoms with Crippen LogP contribution >= 0.6 is 23.1 Å². The third kappa shape index (κ3) is 3.95. The lowest BCUT2D eigenvalue weighted by Gasteiger charge is -2.34. The minimum Gasteiger partial charge on any atom is -0.314 e. The van der Waals surface area contributed by atoms with Gasteiger partial charge in [0.05, 0.1) is 5.69 Å². The predicted molar refractivity (Wildman–Crippen MR) is 76.7 cm³/mol. The molecule has 2 atom stereocenters. The molecule has 2 heterocycles. The summed E-state index contributed by atoms with van der Waals surface area (Å²) in [6.45, 7) is 8.91. The quantitative estimate of drug-likeness (QED) is 0.908. The third-order valence-electron chi connectivity index (χ3n) is 2.81. The smallest absolute Gasteiger partial charge is 0.107 e. The zero-order valence-electron chi connectivity index (χ0n) is 10.8. The van der Waals surface area contributed by atoms with Crippen LogP contribution in [0.25, 0.3) is 0 Å². The molecular formula is C12H21N3S2. The van der Waals surface area contributed by atoms with E-state index in [-0.39, 0.29) is 0 Å². The number of nitrogens with one attached hydrogen (secondary N) is 1. The fourth-order valence-corrected chi connectivity index (χ4v) is 4.48. The van der Waals surface area contributed by atoms with Crippen LogP contribution in [0.5, 0.6) is 0 Å². The Bertz CT molecular complexity index is 343. The Kier molecular flexibility index (Phi) is 4.85. The molecule has 5 heteroatoms. The minimum absolute atomic E-state index is 0.745. The molecule has 0 saturated carbocycles. The van der Waals surface area contributed by atoms with Gasteiger partial charge in [0.25, 0.3) is 0 Å². The van der Waals surface area contributed by atoms with Gasteiger partial charge < -0.3 is 5.32 Å². The van der Waals surface area contributed by atoms with Crippen molar-refractivity contribution in [1.82, 2.24) is 15.2 Å². The van der Waals surface area contributed by atoms with E-state index in [0.717, 1.165) is 23.6 Å². The first-order chi connectivity index (χ1) is 8.17. The number of thiazole rings is 1. The zero-order valence-corrected chi connectivity index (χ0v) is 12.4. The Morgan fingerprint density at radius 3 is 2.76 bits per heavy atom. The van der Waals surface area contributed by atoms with Crippen LogP contribution in [0, 0.1) is 0 Å². The average Bonchev–Trinajstić information content (AvgIpc) is 2.64. The van der Waals surface area contributed by atoms with Gasteiger partial charge in [-0.25, -0.2) is 4.98 Å². The fourth-order valence-electron chi connectivity index (χ4n) is 2.30. The number of rotatable bonds is 4. The first-order valence-electron chi connectivity index (χ1n) is 6.13. The third-order valence-corrected chi connectivity index (χ3v) is 4.93. The van der Waals surface area contributed by atoms with Crippen molar-refractivity contribution < 1.29 is 0 Å². The highest BCUT2D eigenvalue weighted by Gasteiger charge is 2.22. The van der Waals surface area contributed by atoms with Crippen molar-refractivity contribution in [1.29, 1.82) is 0 Å². The lowest BCUT2D eigenvalue weighted by atomic mass is 10.3. The summed E-state index contributed by atoms with van der Waals surface area (Å²) in [6, 6.07) is 0. The number of hydrogen-bond acceptors (Lipinski definition) is 5. The topological polar surface area (TPSA) is 28.2 Å². The number of nitrogens with zero attached hydrogens (tertiary/aromatic N) is 2. The van der Waals surface area contributed by atoms with Crippen LogP contribution < -0.4 is 5.32 Å². The van der Waals surface area contributed by atoms with Gasteiger partial charge in [0.1, 0.15) is 5.01 Å². The molecule has 1 fully saturated rings. The number of thioether (sulfide) groups is 1. The molecule has 2 unspecified atom stereocenters. The highest BCUT2D eigenvalue weighted by atomic mass is 32.2. The fraction of sp³-hybridized carbons (Fsp3) is 0.750. The van der Waals surface area contributed by atoms with Crippen LogP contribution in [0.4, 0.5) is 0 Å². The van der Waals surface area contributed by atoms with Gasteiger partial charge in [-0.3, -0.25) is 4.90 Å². The molecule has 1 aromatic heterocycles. The normalized spacial score (nSPS) is 26.3. The first kappa shape index (κ1) is 13.3. The Labute approximate surface area is 112 Å². The van der Waals surface area contributed by atoms with Gasteiger partial charge in [-0.15, -0.1) is 11.3 Å². The van der Waals surface area contributed by atoms with Crippen LogP contribution in [0.3, 0.4) is 0 Å². The van der Waals surface area contributed by atoms with E-state index < -0.39 is 0 Å². The molecule has 0 radical (unpaired) electrons. The Hall–Kier alpha value is -0.100. The van der Waals surface area contributed by atoms with Crippen LogP contribution in [0.15, 0.2) is 5.38 Å². The maximum atomic E-state index is 4.65. The van der Waals surface area contributed by atoms with Gasteiger partial charge in [0.2, 0.25) is 0 Å². The molecular weight excluding hydrogens is 250 g/mol. The summed E-state index contributed by atoms with van der Waals surface area (Å²) in [6.07, 6.45) is 0. The van der Waals surface area contributed by atoms with E-state index in [4.69, 9.17) is 0 Å². The molecule has 0 aliphatic carbocycles. The summed E-state index contributed by atoms with van der Waals surface area (Å²) in [5.41, 5.74) is 1.23. The van der Waals surface area contributed by atoms with Gasteiger partial charge in [-0.05, 0) is 7.05 Å². The standard InChI is InChI=1S/C12H21N3S2/c1-9-5-15(6-10(2)17-9)7-11-8-16-12(14-11)4-13-3/h8-10,13H,4-7H2,1-3H3. The molecule has 1 saturated heterocycles. The van der Waals surface area contributed by atoms with E-state index in [0.29, 0.717) is 0 Å². The number of aromatic nitrogens is 1. The van der Waals surface area contributed by atoms with Gasteiger partial charge in [0.15, 0.2) is 0 Å². The minimum atomic E-state index is 0.745. The summed E-state index contributed by atoms with van der Waals surface area (Å²) in [7, 11) is 1.96. The summed E-state index contributed by atoms with van der Waals surface area (Å²) in [4.78, 5) is 7.18. The second-order valence-electron chi connectivity index (χ2n) is 4.71. The summed E-state index contributed by atoms with van der Waals surface area (Å²) < 4.78 is 0. The lowest BCUT2D eigenvalue weighted by Crippen LogP contribution is -2.39. The van der Waals surface area contributed by atoms with Crippen molar-refractivity contribution >= 4 is 23.1 Å². The molecule has 96 valence electrons. The average molecular weight is 271 g/mol. The summed E-state index contributed by atoms with van der Waals surface area (Å²) >= 11 is 3.86. The maximum absolute atomic E-state index is 4.65. The van der Waals surface area contributed by atoms with E-state index in [9.17, 15) is 0 Å². The van der Waals surface area contributed by atoms with Crippen molar-refractivity contribution in [2.45, 2.75) is 37.4 Å². The number of hydrogen-bond donors (Lipinski definition) is 1. The summed E-state index contributed by atoms with van der Waals surface area (Å²) in [5.74, 6) is 0. The van der Waals surface area contributed by atoms with Crippen molar-refractivity contribution in [2.24, 2.45) is 0 Å². The van der Waals surface area contributed by atoms with Crippen molar-refractivity contribution in [3.05, 3.63) is 16.1 Å². The molecule has 0 spiro atoms. The Morgan fingerprint density at radius 1 is 1.41 bits per heavy atom. The van der Waals surface area contributed by atoms with Gasteiger partial charge in [0, 0.05) is 42.1 Å². The van der Waals surface area contributed by atoms with Crippen molar-refractivity contribution in [3.63, 3.8) is 0 Å². The zero-order chi connectivity index (χ0) is 12.3. The van der Waals surface area contributed by atoms with E-state index in [1.54, 1.807) is 11.3 Å². The van der Waals surface area contributed by atoms with E-state index in [1.807, 2.05) is 7.05 Å². The molecule has 0 bridgehead atoms. The van der Waals surface area contributed by atoms with Crippen LogP contribution in [0.2, 0.25) is 0 Å². The Balaban J connectivity index is 1.90. The van der Waals surface area contributed by atoms with Crippen molar-refractivity contribution in [2.75, 3.05) is 20.1 Å².